The fraction of sp³-hybridized carbons (Fsp3) is 0.231. The largest absolute Gasteiger partial charge is 0.514 e. The minimum Gasteiger partial charge on any atom is -0.428 e. The number of hydrogen-bond acceptors (Lipinski definition) is 6. The van der Waals surface area contributed by atoms with E-state index in [1.54, 1.807) is 20.8 Å². The lowest BCUT2D eigenvalue weighted by molar-refractivity contribution is -0.116. The highest BCUT2D eigenvalue weighted by atomic mass is 16.7. The average Bonchev–Trinajstić information content (AvgIpc) is 3.21. The molecular formula is C26H26N4O4. The summed E-state index contributed by atoms with van der Waals surface area (Å²) in [6, 6.07) is 17.1. The lowest BCUT2D eigenvalue weighted by atomic mass is 10.1. The van der Waals surface area contributed by atoms with E-state index in [-0.39, 0.29) is 5.91 Å². The molecule has 174 valence electrons. The zero-order valence-corrected chi connectivity index (χ0v) is 19.4. The highest BCUT2D eigenvalue weighted by molar-refractivity contribution is 5.93. The molecule has 4 aromatic rings. The molecular weight excluding hydrogens is 432 g/mol. The maximum absolute atomic E-state index is 12.5. The molecule has 8 heteroatoms. The van der Waals surface area contributed by atoms with E-state index in [1.165, 1.54) is 10.9 Å². The number of aromatic nitrogens is 3. The van der Waals surface area contributed by atoms with Gasteiger partial charge < -0.3 is 14.8 Å². The molecule has 3 aromatic carbocycles. The van der Waals surface area contributed by atoms with Crippen LogP contribution in [0.1, 0.15) is 26.3 Å². The topological polar surface area (TPSA) is 95.3 Å². The smallest absolute Gasteiger partial charge is 0.428 e. The van der Waals surface area contributed by atoms with Crippen molar-refractivity contribution in [3.63, 3.8) is 0 Å². The molecule has 0 saturated carbocycles. The van der Waals surface area contributed by atoms with Crippen molar-refractivity contribution in [2.24, 2.45) is 0 Å². The quantitative estimate of drug-likeness (QED) is 0.255. The Morgan fingerprint density at radius 3 is 2.59 bits per heavy atom. The fourth-order valence-corrected chi connectivity index (χ4v) is 3.48. The van der Waals surface area contributed by atoms with Crippen molar-refractivity contribution >= 4 is 33.9 Å². The van der Waals surface area contributed by atoms with Gasteiger partial charge in [-0.15, -0.1) is 15.0 Å². The Morgan fingerprint density at radius 2 is 1.82 bits per heavy atom. The van der Waals surface area contributed by atoms with Gasteiger partial charge >= 0.3 is 6.16 Å². The van der Waals surface area contributed by atoms with E-state index < -0.39 is 11.8 Å². The third-order valence-corrected chi connectivity index (χ3v) is 4.99. The van der Waals surface area contributed by atoms with E-state index in [2.05, 4.69) is 22.1 Å². The zero-order valence-electron chi connectivity index (χ0n) is 19.4. The highest BCUT2D eigenvalue weighted by Crippen LogP contribution is 2.33. The van der Waals surface area contributed by atoms with Gasteiger partial charge in [0.05, 0.1) is 0 Å². The van der Waals surface area contributed by atoms with Crippen molar-refractivity contribution in [2.75, 3.05) is 6.54 Å². The van der Waals surface area contributed by atoms with E-state index in [0.29, 0.717) is 35.4 Å². The molecule has 0 radical (unpaired) electrons. The Labute approximate surface area is 197 Å². The lowest BCUT2D eigenvalue weighted by Crippen LogP contribution is -2.26. The molecule has 4 rings (SSSR count). The van der Waals surface area contributed by atoms with Gasteiger partial charge in [-0.25, -0.2) is 4.79 Å². The molecule has 0 saturated heterocycles. The van der Waals surface area contributed by atoms with Crippen LogP contribution in [0.5, 0.6) is 5.75 Å². The molecule has 8 nitrogen and oxygen atoms in total. The molecule has 0 spiro atoms. The summed E-state index contributed by atoms with van der Waals surface area (Å²) < 4.78 is 11.1. The summed E-state index contributed by atoms with van der Waals surface area (Å²) in [5.41, 5.74) is 2.20. The molecule has 1 aromatic heterocycles. The first kappa shape index (κ1) is 23.0. The van der Waals surface area contributed by atoms with Crippen LogP contribution < -0.4 is 10.1 Å². The number of nitrogens with zero attached hydrogens (tertiary/aromatic N) is 3. The Bertz CT molecular complexity index is 1380. The van der Waals surface area contributed by atoms with Gasteiger partial charge in [-0.1, -0.05) is 43.0 Å². The van der Waals surface area contributed by atoms with Crippen LogP contribution in [-0.4, -0.2) is 39.2 Å². The first-order valence-corrected chi connectivity index (χ1v) is 10.9. The summed E-state index contributed by atoms with van der Waals surface area (Å²) in [6.07, 6.45) is 1.09. The Kier molecular flexibility index (Phi) is 6.32. The molecule has 0 aliphatic rings. The van der Waals surface area contributed by atoms with Crippen LogP contribution in [0.4, 0.5) is 4.79 Å². The van der Waals surface area contributed by atoms with Crippen LogP contribution >= 0.6 is 0 Å². The zero-order chi connectivity index (χ0) is 24.3. The summed E-state index contributed by atoms with van der Waals surface area (Å²) >= 11 is 0. The van der Waals surface area contributed by atoms with Crippen LogP contribution in [0.25, 0.3) is 27.5 Å². The maximum atomic E-state index is 12.5. The molecule has 1 heterocycles. The summed E-state index contributed by atoms with van der Waals surface area (Å²) in [5.74, 6) is 0.112. The number of carbonyl (C=O) groups excluding carboxylic acids is 2. The predicted molar refractivity (Wildman–Crippen MR) is 130 cm³/mol. The average molecular weight is 459 g/mol. The molecule has 0 unspecified atom stereocenters. The highest BCUT2D eigenvalue weighted by Gasteiger charge is 2.22. The molecule has 0 aliphatic carbocycles. The first-order valence-electron chi connectivity index (χ1n) is 10.9. The summed E-state index contributed by atoms with van der Waals surface area (Å²) in [6.45, 7) is 9.27. The van der Waals surface area contributed by atoms with Gasteiger partial charge in [0.15, 0.2) is 5.75 Å². The van der Waals surface area contributed by atoms with E-state index >= 15 is 0 Å². The van der Waals surface area contributed by atoms with Crippen LogP contribution in [0, 0.1) is 0 Å². The van der Waals surface area contributed by atoms with Gasteiger partial charge in [0.2, 0.25) is 5.91 Å². The molecule has 34 heavy (non-hydrogen) atoms. The summed E-state index contributed by atoms with van der Waals surface area (Å²) in [7, 11) is 0. The number of ether oxygens (including phenoxy) is 2. The Morgan fingerprint density at radius 1 is 1.06 bits per heavy atom. The third kappa shape index (κ3) is 5.23. The van der Waals surface area contributed by atoms with Gasteiger partial charge in [-0.05, 0) is 62.4 Å². The van der Waals surface area contributed by atoms with Crippen LogP contribution in [0.15, 0.2) is 67.3 Å². The normalized spacial score (nSPS) is 11.4. The van der Waals surface area contributed by atoms with Crippen molar-refractivity contribution in [1.82, 2.24) is 20.3 Å². The SMILES string of the molecule is C=CC(=O)NCCc1ccc2nn(-c3ccc4ccccc4c3OC(=O)OC(C)(C)C)nc2c1. The van der Waals surface area contributed by atoms with Crippen LogP contribution in [0.2, 0.25) is 0 Å². The summed E-state index contributed by atoms with van der Waals surface area (Å²) in [4.78, 5) is 25.3. The van der Waals surface area contributed by atoms with Gasteiger partial charge in [-0.2, -0.15) is 0 Å². The number of hydrogen-bond donors (Lipinski definition) is 1. The van der Waals surface area contributed by atoms with Gasteiger partial charge in [0.1, 0.15) is 22.3 Å². The lowest BCUT2D eigenvalue weighted by Gasteiger charge is -2.20. The van der Waals surface area contributed by atoms with Crippen molar-refractivity contribution in [2.45, 2.75) is 32.8 Å². The van der Waals surface area contributed by atoms with Crippen molar-refractivity contribution in [3.8, 4) is 11.4 Å². The van der Waals surface area contributed by atoms with Crippen LogP contribution in [0.3, 0.4) is 0 Å². The number of nitrogens with one attached hydrogen (secondary N) is 1. The van der Waals surface area contributed by atoms with E-state index in [9.17, 15) is 9.59 Å². The predicted octanol–water partition coefficient (Wildman–Crippen LogP) is 4.73. The number of carbonyl (C=O) groups is 2. The standard InChI is InChI=1S/C26H26N4O4/c1-5-23(31)27-15-14-17-10-12-20-21(16-17)29-30(28-20)22-13-11-18-8-6-7-9-19(18)24(22)33-25(32)34-26(2,3)4/h5-13,16H,1,14-15H2,2-4H3,(H,27,31). The number of amides is 1. The molecule has 0 atom stereocenters. The van der Waals surface area contributed by atoms with Crippen molar-refractivity contribution in [1.29, 1.82) is 0 Å². The van der Waals surface area contributed by atoms with E-state index in [4.69, 9.17) is 9.47 Å². The molecule has 0 bridgehead atoms. The fourth-order valence-electron chi connectivity index (χ4n) is 3.48. The second-order valence-electron chi connectivity index (χ2n) is 8.76. The number of rotatable bonds is 6. The monoisotopic (exact) mass is 458 g/mol. The minimum absolute atomic E-state index is 0.208. The van der Waals surface area contributed by atoms with Gasteiger partial charge in [0.25, 0.3) is 0 Å². The van der Waals surface area contributed by atoms with Crippen molar-refractivity contribution < 1.29 is 19.1 Å². The Hall–Kier alpha value is -4.20. The molecule has 0 aliphatic heterocycles. The second-order valence-corrected chi connectivity index (χ2v) is 8.76. The van der Waals surface area contributed by atoms with Gasteiger partial charge in [-0.3, -0.25) is 4.79 Å². The first-order chi connectivity index (χ1) is 16.2. The minimum atomic E-state index is -0.800. The number of fused-ring (bicyclic) bond motifs is 2. The molecule has 1 N–H and O–H groups in total. The van der Waals surface area contributed by atoms with Crippen LogP contribution in [-0.2, 0) is 16.0 Å². The second kappa shape index (κ2) is 9.35. The molecule has 1 amide bonds. The van der Waals surface area contributed by atoms with Crippen molar-refractivity contribution in [3.05, 3.63) is 72.8 Å². The van der Waals surface area contributed by atoms with E-state index in [0.717, 1.165) is 16.3 Å². The summed E-state index contributed by atoms with van der Waals surface area (Å²) in [5, 5.41) is 13.6. The molecule has 0 fully saturated rings. The third-order valence-electron chi connectivity index (χ3n) is 4.99. The number of benzene rings is 3. The van der Waals surface area contributed by atoms with Gasteiger partial charge in [0, 0.05) is 11.9 Å². The Balaban J connectivity index is 1.69. The maximum Gasteiger partial charge on any atom is 0.514 e. The van der Waals surface area contributed by atoms with E-state index in [1.807, 2.05) is 54.6 Å².